The van der Waals surface area contributed by atoms with Crippen molar-refractivity contribution in [1.29, 1.82) is 0 Å². The van der Waals surface area contributed by atoms with E-state index in [1.807, 2.05) is 6.07 Å². The van der Waals surface area contributed by atoms with Crippen LogP contribution in [0, 0.1) is 0 Å². The molecule has 0 fully saturated rings. The highest BCUT2D eigenvalue weighted by Gasteiger charge is 2.14. The third-order valence-electron chi connectivity index (χ3n) is 3.20. The second-order valence-corrected chi connectivity index (χ2v) is 8.35. The predicted molar refractivity (Wildman–Crippen MR) is 106 cm³/mol. The van der Waals surface area contributed by atoms with Gasteiger partial charge in [0, 0.05) is 30.1 Å². The molecule has 0 aliphatic heterocycles. The Kier molecular flexibility index (Phi) is 17.5. The lowest BCUT2D eigenvalue weighted by Crippen LogP contribution is -2.28. The first-order valence-electron chi connectivity index (χ1n) is 9.11. The van der Waals surface area contributed by atoms with E-state index in [0.717, 1.165) is 58.3 Å². The molecule has 0 radical (unpaired) electrons. The fourth-order valence-electron chi connectivity index (χ4n) is 1.65. The smallest absolute Gasteiger partial charge is 0.376 e. The minimum absolute atomic E-state index is 0.783. The molecule has 5 heteroatoms. The van der Waals surface area contributed by atoms with Gasteiger partial charge in [-0.2, -0.15) is 0 Å². The number of hydrogen-bond donors (Lipinski definition) is 0. The van der Waals surface area contributed by atoms with Crippen LogP contribution in [-0.4, -0.2) is 39.6 Å². The number of rotatable bonds is 12. The molecule has 3 nitrogen and oxygen atoms in total. The lowest BCUT2D eigenvalue weighted by molar-refractivity contribution is 0.0899. The van der Waals surface area contributed by atoms with Crippen molar-refractivity contribution in [3.05, 3.63) is 30.3 Å². The van der Waals surface area contributed by atoms with Crippen molar-refractivity contribution >= 4 is 25.0 Å². The Balaban J connectivity index is 0.000000568. The van der Waals surface area contributed by atoms with E-state index in [1.54, 1.807) is 0 Å². The second-order valence-electron chi connectivity index (χ2n) is 5.62. The molecule has 1 rings (SSSR count). The topological polar surface area (TPSA) is 27.7 Å². The van der Waals surface area contributed by atoms with Crippen molar-refractivity contribution in [3.63, 3.8) is 0 Å². The molecule has 0 unspecified atom stereocenters. The van der Waals surface area contributed by atoms with Crippen molar-refractivity contribution in [1.82, 2.24) is 0 Å². The van der Waals surface area contributed by atoms with E-state index in [-0.39, 0.29) is 0 Å². The number of hydrogen-bond acceptors (Lipinski definition) is 3. The summed E-state index contributed by atoms with van der Waals surface area (Å²) in [6.45, 7) is 8.84. The third kappa shape index (κ3) is 16.2. The van der Waals surface area contributed by atoms with Crippen LogP contribution < -0.4 is 5.19 Å². The molecule has 0 saturated heterocycles. The van der Waals surface area contributed by atoms with E-state index in [1.165, 1.54) is 15.4 Å². The largest absolute Gasteiger partial charge is 0.484 e. The summed E-state index contributed by atoms with van der Waals surface area (Å²) >= 11 is 0. The molecule has 0 aliphatic carbocycles. The molecule has 0 aromatic heterocycles. The minimum Gasteiger partial charge on any atom is -0.376 e. The van der Waals surface area contributed by atoms with Crippen LogP contribution in [0.4, 0.5) is 0 Å². The Morgan fingerprint density at radius 1 is 0.739 bits per heavy atom. The van der Waals surface area contributed by atoms with Gasteiger partial charge < -0.3 is 13.3 Å². The van der Waals surface area contributed by atoms with Crippen molar-refractivity contribution in [3.8, 4) is 0 Å². The average Bonchev–Trinajstić information content (AvgIpc) is 2.56. The SMILES string of the molecule is CCCCO[SiH](OCCCC)OCCCC.[SiH3]c1ccccc1. The summed E-state index contributed by atoms with van der Waals surface area (Å²) in [6.07, 6.45) is 6.76. The summed E-state index contributed by atoms with van der Waals surface area (Å²) in [6, 6.07) is 10.5. The molecular weight excluding hydrogens is 320 g/mol. The zero-order valence-electron chi connectivity index (χ0n) is 15.6. The lowest BCUT2D eigenvalue weighted by atomic mass is 10.4. The first-order chi connectivity index (χ1) is 11.2. The normalized spacial score (nSPS) is 10.6. The Bertz CT molecular complexity index is 313. The second kappa shape index (κ2) is 17.9. The highest BCUT2D eigenvalue weighted by Crippen LogP contribution is 2.00. The van der Waals surface area contributed by atoms with Gasteiger partial charge in [0.1, 0.15) is 0 Å². The van der Waals surface area contributed by atoms with Crippen LogP contribution in [0.15, 0.2) is 30.3 Å². The minimum atomic E-state index is -1.83. The van der Waals surface area contributed by atoms with Gasteiger partial charge in [0.25, 0.3) is 0 Å². The zero-order valence-corrected chi connectivity index (χ0v) is 18.7. The van der Waals surface area contributed by atoms with Gasteiger partial charge in [-0.05, 0) is 19.3 Å². The van der Waals surface area contributed by atoms with Crippen molar-refractivity contribution < 1.29 is 13.3 Å². The van der Waals surface area contributed by atoms with Gasteiger partial charge in [0.2, 0.25) is 0 Å². The van der Waals surface area contributed by atoms with E-state index in [2.05, 4.69) is 45.0 Å². The molecule has 134 valence electrons. The van der Waals surface area contributed by atoms with Crippen LogP contribution in [0.5, 0.6) is 0 Å². The number of unbranched alkanes of at least 4 members (excludes halogenated alkanes) is 3. The van der Waals surface area contributed by atoms with Crippen LogP contribution in [-0.2, 0) is 13.3 Å². The first kappa shape index (κ1) is 22.5. The van der Waals surface area contributed by atoms with Gasteiger partial charge in [-0.1, -0.05) is 75.6 Å². The maximum Gasteiger partial charge on any atom is 0.484 e. The molecular formula is C18H36O3Si2. The van der Waals surface area contributed by atoms with Gasteiger partial charge in [0.05, 0.1) is 0 Å². The molecule has 0 atom stereocenters. The quantitative estimate of drug-likeness (QED) is 0.426. The van der Waals surface area contributed by atoms with Crippen LogP contribution in [0.3, 0.4) is 0 Å². The lowest BCUT2D eigenvalue weighted by Gasteiger charge is -2.16. The summed E-state index contributed by atoms with van der Waals surface area (Å²) in [4.78, 5) is 0. The van der Waals surface area contributed by atoms with Crippen molar-refractivity contribution in [2.45, 2.75) is 59.3 Å². The summed E-state index contributed by atoms with van der Waals surface area (Å²) in [5.41, 5.74) is 0. The van der Waals surface area contributed by atoms with E-state index in [9.17, 15) is 0 Å². The molecule has 0 heterocycles. The van der Waals surface area contributed by atoms with Crippen LogP contribution in [0.1, 0.15) is 59.3 Å². The maximum absolute atomic E-state index is 5.67. The molecule has 0 amide bonds. The summed E-state index contributed by atoms with van der Waals surface area (Å²) in [7, 11) is -0.655. The fraction of sp³-hybridized carbons (Fsp3) is 0.667. The molecule has 0 N–H and O–H groups in total. The van der Waals surface area contributed by atoms with Crippen LogP contribution in [0.2, 0.25) is 0 Å². The molecule has 0 saturated carbocycles. The highest BCUT2D eigenvalue weighted by atomic mass is 28.3. The van der Waals surface area contributed by atoms with E-state index < -0.39 is 9.53 Å². The summed E-state index contributed by atoms with van der Waals surface area (Å²) in [5.74, 6) is 0. The summed E-state index contributed by atoms with van der Waals surface area (Å²) in [5, 5.41) is 1.46. The fourth-order valence-corrected chi connectivity index (χ4v) is 3.40. The Morgan fingerprint density at radius 2 is 1.13 bits per heavy atom. The van der Waals surface area contributed by atoms with Gasteiger partial charge in [-0.15, -0.1) is 0 Å². The zero-order chi connectivity index (χ0) is 17.2. The van der Waals surface area contributed by atoms with Crippen molar-refractivity contribution in [2.24, 2.45) is 0 Å². The summed E-state index contributed by atoms with van der Waals surface area (Å²) < 4.78 is 17.0. The predicted octanol–water partition coefficient (Wildman–Crippen LogP) is 2.83. The molecule has 0 bridgehead atoms. The van der Waals surface area contributed by atoms with Gasteiger partial charge in [0.15, 0.2) is 0 Å². The average molecular weight is 357 g/mol. The van der Waals surface area contributed by atoms with E-state index in [4.69, 9.17) is 13.3 Å². The maximum atomic E-state index is 5.67. The molecule has 23 heavy (non-hydrogen) atoms. The van der Waals surface area contributed by atoms with Crippen LogP contribution >= 0.6 is 0 Å². The molecule has 0 aliphatic rings. The third-order valence-corrected chi connectivity index (χ3v) is 5.39. The highest BCUT2D eigenvalue weighted by molar-refractivity contribution is 6.36. The van der Waals surface area contributed by atoms with E-state index in [0.29, 0.717) is 0 Å². The van der Waals surface area contributed by atoms with Crippen LogP contribution in [0.25, 0.3) is 0 Å². The first-order valence-corrected chi connectivity index (χ1v) is 11.5. The standard InChI is InChI=1S/C12H28O3Si.C6H8Si/c1-4-7-10-13-16(14-11-8-5-2)15-12-9-6-3;7-6-4-2-1-3-5-6/h16H,4-12H2,1-3H3;1-5H,7H3. The van der Waals surface area contributed by atoms with Gasteiger partial charge in [-0.25, -0.2) is 0 Å². The van der Waals surface area contributed by atoms with Gasteiger partial charge >= 0.3 is 9.53 Å². The van der Waals surface area contributed by atoms with Crippen molar-refractivity contribution in [2.75, 3.05) is 19.8 Å². The monoisotopic (exact) mass is 356 g/mol. The molecule has 1 aromatic rings. The molecule has 1 aromatic carbocycles. The number of benzene rings is 1. The molecule has 0 spiro atoms. The Labute approximate surface area is 148 Å². The Hall–Kier alpha value is -0.466. The Morgan fingerprint density at radius 3 is 1.39 bits per heavy atom. The van der Waals surface area contributed by atoms with Gasteiger partial charge in [-0.3, -0.25) is 0 Å². The van der Waals surface area contributed by atoms with E-state index >= 15 is 0 Å².